The summed E-state index contributed by atoms with van der Waals surface area (Å²) in [7, 11) is 0. The minimum absolute atomic E-state index is 0.00574. The topological polar surface area (TPSA) is 154 Å². The Bertz CT molecular complexity index is 1870. The molecule has 0 saturated carbocycles. The monoisotopic (exact) mass is 741 g/mol. The molecule has 3 N–H and O–H groups in total. The number of rotatable bonds is 5. The average Bonchev–Trinajstić information content (AvgIpc) is 3.97. The smallest absolute Gasteiger partial charge is 0.271 e. The maximum atomic E-state index is 14.4. The number of carbonyl (C=O) groups is 4. The number of nitrogens with zero attached hydrogens (tertiary/aromatic N) is 4. The number of thiazole rings is 1. The van der Waals surface area contributed by atoms with Gasteiger partial charge in [0.15, 0.2) is 6.04 Å². The fourth-order valence-corrected chi connectivity index (χ4v) is 9.17. The summed E-state index contributed by atoms with van der Waals surface area (Å²) >= 11 is 2.75. The van der Waals surface area contributed by atoms with Gasteiger partial charge in [-0.15, -0.1) is 23.1 Å². The van der Waals surface area contributed by atoms with Crippen LogP contribution in [0.3, 0.4) is 0 Å². The van der Waals surface area contributed by atoms with Crippen molar-refractivity contribution < 1.29 is 23.9 Å². The number of hydrogen-bond acceptors (Lipinski definition) is 10. The molecule has 0 radical (unpaired) electrons. The van der Waals surface area contributed by atoms with E-state index in [9.17, 15) is 19.2 Å². The molecule has 14 heteroatoms. The third-order valence-corrected chi connectivity index (χ3v) is 11.9. The van der Waals surface area contributed by atoms with E-state index in [4.69, 9.17) is 19.7 Å². The van der Waals surface area contributed by atoms with Crippen LogP contribution in [0.25, 0.3) is 0 Å². The molecule has 1 aromatic heterocycles. The molecule has 7 rings (SSSR count). The number of nitrogens with one attached hydrogen (secondary N) is 3. The van der Waals surface area contributed by atoms with Crippen molar-refractivity contribution in [3.63, 3.8) is 0 Å². The molecule has 2 unspecified atom stereocenters. The van der Waals surface area contributed by atoms with Gasteiger partial charge in [-0.1, -0.05) is 74.5 Å². The zero-order valence-corrected chi connectivity index (χ0v) is 31.0. The van der Waals surface area contributed by atoms with Crippen molar-refractivity contribution in [3.05, 3.63) is 87.9 Å². The second kappa shape index (κ2) is 15.6. The summed E-state index contributed by atoms with van der Waals surface area (Å²) in [6, 6.07) is 15.6. The summed E-state index contributed by atoms with van der Waals surface area (Å²) < 4.78 is 6.20. The molecule has 2 aromatic carbocycles. The van der Waals surface area contributed by atoms with Gasteiger partial charge < -0.3 is 25.6 Å². The van der Waals surface area contributed by atoms with Gasteiger partial charge in [0, 0.05) is 24.1 Å². The van der Waals surface area contributed by atoms with E-state index in [0.717, 1.165) is 17.5 Å². The van der Waals surface area contributed by atoms with E-state index >= 15 is 0 Å². The third kappa shape index (κ3) is 7.77. The van der Waals surface area contributed by atoms with Gasteiger partial charge >= 0.3 is 0 Å². The molecule has 6 bridgehead atoms. The molecule has 52 heavy (non-hydrogen) atoms. The lowest BCUT2D eigenvalue weighted by molar-refractivity contribution is -0.133. The van der Waals surface area contributed by atoms with E-state index in [1.54, 1.807) is 17.2 Å². The van der Waals surface area contributed by atoms with Crippen molar-refractivity contribution in [1.29, 1.82) is 0 Å². The molecule has 272 valence electrons. The van der Waals surface area contributed by atoms with Crippen LogP contribution in [0.15, 0.2) is 76.0 Å². The molecule has 4 aliphatic heterocycles. The van der Waals surface area contributed by atoms with Crippen LogP contribution in [-0.4, -0.2) is 93.1 Å². The van der Waals surface area contributed by atoms with E-state index < -0.39 is 48.3 Å². The molecule has 12 nitrogen and oxygen atoms in total. The van der Waals surface area contributed by atoms with Crippen LogP contribution in [0.2, 0.25) is 0 Å². The lowest BCUT2D eigenvalue weighted by Gasteiger charge is -2.29. The highest BCUT2D eigenvalue weighted by atomic mass is 32.2. The Morgan fingerprint density at radius 3 is 2.27 bits per heavy atom. The SMILES string of the molecule is CC(C)C1NC(=O)[C@H]2N=C(O[C@@H]2C)C2CCCN2C(=O)[C@H](Cc2ccccc2)NC(=O)c2csc(n2)[C@@H](Cc2ccccc2)NC(=O)[C@@H]2CSC1=N2. The number of fused-ring (bicyclic) bond motifs is 6. The van der Waals surface area contributed by atoms with Gasteiger partial charge in [-0.25, -0.2) is 9.98 Å². The number of ether oxygens (including phenoxy) is 1. The molecule has 0 spiro atoms. The number of thioether (sulfide) groups is 1. The Labute approximate surface area is 311 Å². The van der Waals surface area contributed by atoms with E-state index in [2.05, 4.69) is 16.0 Å². The summed E-state index contributed by atoms with van der Waals surface area (Å²) in [6.07, 6.45) is 1.53. The summed E-state index contributed by atoms with van der Waals surface area (Å²) in [5.74, 6) is -0.510. The van der Waals surface area contributed by atoms with Gasteiger partial charge in [-0.2, -0.15) is 0 Å². The fraction of sp³-hybridized carbons (Fsp3) is 0.447. The Morgan fingerprint density at radius 1 is 0.885 bits per heavy atom. The Balaban J connectivity index is 1.26. The van der Waals surface area contributed by atoms with Gasteiger partial charge in [-0.05, 0) is 43.2 Å². The first-order chi connectivity index (χ1) is 25.1. The fourth-order valence-electron chi connectivity index (χ4n) is 7.05. The van der Waals surface area contributed by atoms with Crippen molar-refractivity contribution in [2.24, 2.45) is 15.9 Å². The average molecular weight is 742 g/mol. The summed E-state index contributed by atoms with van der Waals surface area (Å²) in [4.78, 5) is 71.9. The van der Waals surface area contributed by atoms with Gasteiger partial charge in [0.1, 0.15) is 34.9 Å². The van der Waals surface area contributed by atoms with Crippen molar-refractivity contribution >= 4 is 57.7 Å². The normalized spacial score (nSPS) is 28.2. The van der Waals surface area contributed by atoms with E-state index in [1.165, 1.54) is 23.1 Å². The number of carbonyl (C=O) groups excluding carboxylic acids is 4. The number of benzene rings is 2. The number of aromatic nitrogens is 1. The standard InChI is InChI=1S/C38H43N7O5S2/c1-21(2)30-37-42-28(20-52-37)32(46)39-25(17-23-11-6-4-7-12-23)36-41-27(19-51-36)33(47)40-26(18-24-13-8-5-9-14-24)38(49)45-16-10-15-29(45)35-44-31(22(3)50-35)34(48)43-30/h4-9,11-14,19,21-22,25-26,28-31H,10,15-18,20H2,1-3H3,(H,39,46)(H,40,47)(H,43,48)/t22-,25-,26+,28+,29?,30?,31+/m1/s1. The maximum Gasteiger partial charge on any atom is 0.271 e. The first-order valence-corrected chi connectivity index (χ1v) is 19.7. The van der Waals surface area contributed by atoms with Crippen LogP contribution in [0.5, 0.6) is 0 Å². The molecule has 1 fully saturated rings. The van der Waals surface area contributed by atoms with Crippen molar-refractivity contribution in [1.82, 2.24) is 25.8 Å². The minimum Gasteiger partial charge on any atom is -0.474 e. The number of aliphatic imine (C=N–C) groups is 2. The van der Waals surface area contributed by atoms with Crippen LogP contribution >= 0.6 is 23.1 Å². The highest BCUT2D eigenvalue weighted by Crippen LogP contribution is 2.29. The van der Waals surface area contributed by atoms with Gasteiger partial charge in [0.05, 0.1) is 17.1 Å². The molecular formula is C38H43N7O5S2. The lowest BCUT2D eigenvalue weighted by atomic mass is 10.0. The predicted molar refractivity (Wildman–Crippen MR) is 201 cm³/mol. The first kappa shape index (κ1) is 35.8. The largest absolute Gasteiger partial charge is 0.474 e. The molecule has 3 aromatic rings. The maximum absolute atomic E-state index is 14.4. The molecule has 4 amide bonds. The molecular weight excluding hydrogens is 699 g/mol. The highest BCUT2D eigenvalue weighted by molar-refractivity contribution is 8.14. The molecule has 7 atom stereocenters. The van der Waals surface area contributed by atoms with Crippen molar-refractivity contribution in [2.45, 2.75) is 88.8 Å². The first-order valence-electron chi connectivity index (χ1n) is 17.8. The van der Waals surface area contributed by atoms with E-state index in [1.807, 2.05) is 74.5 Å². The number of hydrogen-bond donors (Lipinski definition) is 3. The Morgan fingerprint density at radius 2 is 1.58 bits per heavy atom. The second-order valence-corrected chi connectivity index (χ2v) is 15.9. The van der Waals surface area contributed by atoms with Crippen LogP contribution in [0, 0.1) is 5.92 Å². The zero-order chi connectivity index (χ0) is 36.4. The lowest BCUT2D eigenvalue weighted by Crippen LogP contribution is -2.52. The molecule has 4 aliphatic rings. The van der Waals surface area contributed by atoms with E-state index in [-0.39, 0.29) is 35.8 Å². The summed E-state index contributed by atoms with van der Waals surface area (Å²) in [5.41, 5.74) is 2.06. The van der Waals surface area contributed by atoms with E-state index in [0.29, 0.717) is 41.1 Å². The molecule has 5 heterocycles. The van der Waals surface area contributed by atoms with Gasteiger partial charge in [-0.3, -0.25) is 24.2 Å². The highest BCUT2D eigenvalue weighted by Gasteiger charge is 2.44. The molecule has 1 saturated heterocycles. The summed E-state index contributed by atoms with van der Waals surface area (Å²) in [5, 5.41) is 12.2. The zero-order valence-electron chi connectivity index (χ0n) is 29.4. The van der Waals surface area contributed by atoms with Gasteiger partial charge in [0.25, 0.3) is 5.91 Å². The van der Waals surface area contributed by atoms with Gasteiger partial charge in [0.2, 0.25) is 23.6 Å². The van der Waals surface area contributed by atoms with Crippen LogP contribution in [0.4, 0.5) is 0 Å². The van der Waals surface area contributed by atoms with Crippen LogP contribution < -0.4 is 16.0 Å². The number of amides is 4. The Kier molecular flexibility index (Phi) is 10.7. The third-order valence-electron chi connectivity index (χ3n) is 9.85. The Hall–Kier alpha value is -4.56. The second-order valence-electron chi connectivity index (χ2n) is 14.0. The van der Waals surface area contributed by atoms with Crippen molar-refractivity contribution in [3.8, 4) is 0 Å². The van der Waals surface area contributed by atoms with Crippen LogP contribution in [-0.2, 0) is 32.0 Å². The van der Waals surface area contributed by atoms with Crippen molar-refractivity contribution in [2.75, 3.05) is 12.3 Å². The quantitative estimate of drug-likeness (QED) is 0.360. The molecule has 0 aliphatic carbocycles. The minimum atomic E-state index is -0.897. The predicted octanol–water partition coefficient (Wildman–Crippen LogP) is 3.73. The summed E-state index contributed by atoms with van der Waals surface area (Å²) in [6.45, 7) is 6.28. The van der Waals surface area contributed by atoms with Crippen LogP contribution in [0.1, 0.15) is 66.3 Å².